The minimum atomic E-state index is -2.46. The summed E-state index contributed by atoms with van der Waals surface area (Å²) in [7, 11) is 2.99. The number of para-hydroxylation sites is 2. The van der Waals surface area contributed by atoms with E-state index < -0.39 is 17.2 Å². The number of aliphatic carboxylic acids is 1. The first-order valence-electron chi connectivity index (χ1n) is 11.4. The molecule has 0 amide bonds. The first kappa shape index (κ1) is 26.5. The molecule has 0 radical (unpaired) electrons. The van der Waals surface area contributed by atoms with Crippen LogP contribution < -0.4 is 24.6 Å². The van der Waals surface area contributed by atoms with Gasteiger partial charge in [0.25, 0.3) is 0 Å². The number of carbonyl (C=O) groups is 1. The van der Waals surface area contributed by atoms with Crippen molar-refractivity contribution in [3.63, 3.8) is 0 Å². The Morgan fingerprint density at radius 3 is 2.62 bits per heavy atom. The van der Waals surface area contributed by atoms with Crippen LogP contribution in [0.4, 0.5) is 34.5 Å². The number of carboxylic acids is 1. The zero-order chi connectivity index (χ0) is 26.5. The van der Waals surface area contributed by atoms with Gasteiger partial charge in [-0.1, -0.05) is 23.7 Å². The molecule has 3 N–H and O–H groups in total. The lowest BCUT2D eigenvalue weighted by molar-refractivity contribution is -0.142. The van der Waals surface area contributed by atoms with Gasteiger partial charge in [0.15, 0.2) is 5.82 Å². The minimum Gasteiger partial charge on any atom is -0.755 e. The number of halogens is 1. The predicted octanol–water partition coefficient (Wildman–Crippen LogP) is 4.16. The number of nitrogens with zero attached hydrogens (tertiary/aromatic N) is 4. The number of hydrogen-bond donors (Lipinski definition) is 3. The Labute approximate surface area is 221 Å². The average molecular weight is 546 g/mol. The molecule has 37 heavy (non-hydrogen) atoms. The van der Waals surface area contributed by atoms with Crippen LogP contribution in [0.5, 0.6) is 5.75 Å². The van der Waals surface area contributed by atoms with Gasteiger partial charge >= 0.3 is 5.97 Å². The molecule has 1 aromatic heterocycles. The molecule has 3 aromatic rings. The highest BCUT2D eigenvalue weighted by Gasteiger charge is 2.25. The van der Waals surface area contributed by atoms with Gasteiger partial charge in [-0.15, -0.1) is 0 Å². The van der Waals surface area contributed by atoms with E-state index in [0.717, 1.165) is 9.99 Å². The van der Waals surface area contributed by atoms with Gasteiger partial charge < -0.3 is 34.2 Å². The van der Waals surface area contributed by atoms with Crippen LogP contribution in [0.1, 0.15) is 12.8 Å². The lowest BCUT2D eigenvalue weighted by Gasteiger charge is -2.32. The third-order valence-electron chi connectivity index (χ3n) is 6.11. The summed E-state index contributed by atoms with van der Waals surface area (Å²) in [6.07, 6.45) is 2.62. The minimum absolute atomic E-state index is 0.248. The molecule has 1 aliphatic heterocycles. The molecule has 0 aliphatic carbocycles. The summed E-state index contributed by atoms with van der Waals surface area (Å²) in [6, 6.07) is 12.5. The zero-order valence-corrected chi connectivity index (χ0v) is 21.8. The molecule has 1 saturated heterocycles. The van der Waals surface area contributed by atoms with Gasteiger partial charge in [0, 0.05) is 43.2 Å². The number of benzene rings is 2. The average Bonchev–Trinajstić information content (AvgIpc) is 2.90. The van der Waals surface area contributed by atoms with Gasteiger partial charge in [0.1, 0.15) is 10.8 Å². The third kappa shape index (κ3) is 6.21. The van der Waals surface area contributed by atoms with Gasteiger partial charge in [-0.05, 0) is 37.1 Å². The van der Waals surface area contributed by atoms with Crippen molar-refractivity contribution in [3.8, 4) is 5.75 Å². The van der Waals surface area contributed by atoms with Gasteiger partial charge in [-0.2, -0.15) is 4.98 Å². The van der Waals surface area contributed by atoms with E-state index in [1.165, 1.54) is 13.2 Å². The lowest BCUT2D eigenvalue weighted by atomic mass is 9.97. The molecule has 11 nitrogen and oxygen atoms in total. The molecule has 1 unspecified atom stereocenters. The molecule has 196 valence electrons. The fraction of sp³-hybridized carbons (Fsp3) is 0.292. The van der Waals surface area contributed by atoms with E-state index in [-0.39, 0.29) is 22.7 Å². The number of piperidine rings is 1. The van der Waals surface area contributed by atoms with Crippen LogP contribution in [0.25, 0.3) is 0 Å². The smallest absolute Gasteiger partial charge is 0.306 e. The van der Waals surface area contributed by atoms with E-state index in [1.807, 2.05) is 18.2 Å². The molecule has 2 aromatic carbocycles. The van der Waals surface area contributed by atoms with Crippen molar-refractivity contribution in [1.82, 2.24) is 9.97 Å². The molecule has 13 heteroatoms. The van der Waals surface area contributed by atoms with Gasteiger partial charge in [0.05, 0.1) is 36.3 Å². The highest BCUT2D eigenvalue weighted by Crippen LogP contribution is 2.35. The van der Waals surface area contributed by atoms with Crippen LogP contribution in [0.3, 0.4) is 0 Å². The number of nitrogens with one attached hydrogen (secondary N) is 2. The number of methoxy groups -OCH3 is 1. The van der Waals surface area contributed by atoms with E-state index in [0.29, 0.717) is 48.7 Å². The van der Waals surface area contributed by atoms with Gasteiger partial charge in [-0.3, -0.25) is 9.00 Å². The topological polar surface area (TPSA) is 143 Å². The van der Waals surface area contributed by atoms with Crippen molar-refractivity contribution in [2.24, 2.45) is 5.92 Å². The first-order valence-corrected chi connectivity index (χ1v) is 12.8. The zero-order valence-electron chi connectivity index (χ0n) is 20.2. The highest BCUT2D eigenvalue weighted by molar-refractivity contribution is 7.80. The van der Waals surface area contributed by atoms with E-state index in [4.69, 9.17) is 16.3 Å². The van der Waals surface area contributed by atoms with Crippen LogP contribution in [-0.4, -0.2) is 57.1 Å². The maximum Gasteiger partial charge on any atom is 0.306 e. The van der Waals surface area contributed by atoms with Gasteiger partial charge in [-0.25, -0.2) is 4.98 Å². The van der Waals surface area contributed by atoms with E-state index in [9.17, 15) is 18.7 Å². The molecule has 0 spiro atoms. The normalized spacial score (nSPS) is 14.6. The van der Waals surface area contributed by atoms with Gasteiger partial charge in [0.2, 0.25) is 5.95 Å². The fourth-order valence-electron chi connectivity index (χ4n) is 4.06. The summed E-state index contributed by atoms with van der Waals surface area (Å²) in [5, 5.41) is 15.7. The largest absolute Gasteiger partial charge is 0.755 e. The van der Waals surface area contributed by atoms with Crippen molar-refractivity contribution in [2.45, 2.75) is 12.8 Å². The Morgan fingerprint density at radius 1 is 1.22 bits per heavy atom. The highest BCUT2D eigenvalue weighted by atomic mass is 35.5. The van der Waals surface area contributed by atoms with Crippen LogP contribution in [0.15, 0.2) is 48.7 Å². The van der Waals surface area contributed by atoms with Crippen molar-refractivity contribution in [1.29, 1.82) is 0 Å². The number of carboxylic acid groups (broad SMARTS) is 1. The Morgan fingerprint density at radius 2 is 1.95 bits per heavy atom. The quantitative estimate of drug-likeness (QED) is 0.335. The molecule has 1 atom stereocenters. The summed E-state index contributed by atoms with van der Waals surface area (Å²) in [6.45, 7) is 1.30. The molecule has 1 fully saturated rings. The standard InChI is InChI=1S/C24H27ClN6O5S/c1-30(37(34)35)20-6-4-3-5-18(20)27-22-17(25)14-26-24(29-22)28-19-8-7-16(13-21(19)36-2)31-11-9-15(10-12-31)23(32)33/h3-8,13-15H,9-12H2,1-2H3,(H,32,33)(H,34,35)(H2,26,27,28,29)/p-1. The Bertz CT molecular complexity index is 1300. The fourth-order valence-corrected chi connectivity index (χ4v) is 4.52. The second-order valence-corrected chi connectivity index (χ2v) is 9.75. The second kappa shape index (κ2) is 11.6. The molecule has 0 saturated carbocycles. The van der Waals surface area contributed by atoms with Crippen LogP contribution in [0, 0.1) is 5.92 Å². The summed E-state index contributed by atoms with van der Waals surface area (Å²) in [4.78, 5) is 22.1. The Kier molecular flexibility index (Phi) is 8.31. The molecular formula is C24H26ClN6O5S-. The SMILES string of the molecule is COc1cc(N2CCC(C(=O)O)CC2)ccc1Nc1ncc(Cl)c(Nc2ccccc2N(C)S(=O)[O-])n1. The summed E-state index contributed by atoms with van der Waals surface area (Å²) in [5.74, 6) is 0.0473. The molecular weight excluding hydrogens is 520 g/mol. The number of rotatable bonds is 9. The van der Waals surface area contributed by atoms with Crippen LogP contribution in [-0.2, 0) is 16.1 Å². The Balaban J connectivity index is 1.53. The molecule has 0 bridgehead atoms. The van der Waals surface area contributed by atoms with Crippen molar-refractivity contribution in [3.05, 3.63) is 53.7 Å². The monoisotopic (exact) mass is 545 g/mol. The molecule has 2 heterocycles. The second-order valence-electron chi connectivity index (χ2n) is 8.36. The number of hydrogen-bond acceptors (Lipinski definition) is 9. The van der Waals surface area contributed by atoms with Crippen LogP contribution in [0.2, 0.25) is 5.02 Å². The lowest BCUT2D eigenvalue weighted by Crippen LogP contribution is -2.36. The van der Waals surface area contributed by atoms with Crippen LogP contribution >= 0.6 is 11.6 Å². The first-order chi connectivity index (χ1) is 17.8. The Hall–Kier alpha value is -3.61. The number of aromatic nitrogens is 2. The number of ether oxygens (including phenoxy) is 1. The summed E-state index contributed by atoms with van der Waals surface area (Å²) >= 11 is 3.87. The maximum absolute atomic E-state index is 11.5. The predicted molar refractivity (Wildman–Crippen MR) is 143 cm³/mol. The van der Waals surface area contributed by atoms with Crippen molar-refractivity contribution < 1.29 is 23.4 Å². The van der Waals surface area contributed by atoms with Crippen molar-refractivity contribution >= 4 is 63.4 Å². The maximum atomic E-state index is 11.5. The number of anilines is 6. The van der Waals surface area contributed by atoms with E-state index >= 15 is 0 Å². The van der Waals surface area contributed by atoms with E-state index in [2.05, 4.69) is 25.5 Å². The summed E-state index contributed by atoms with van der Waals surface area (Å²) < 4.78 is 29.6. The van der Waals surface area contributed by atoms with E-state index in [1.54, 1.807) is 31.4 Å². The third-order valence-corrected chi connectivity index (χ3v) is 7.03. The molecule has 1 aliphatic rings. The summed E-state index contributed by atoms with van der Waals surface area (Å²) in [5.41, 5.74) is 2.47. The van der Waals surface area contributed by atoms with Crippen molar-refractivity contribution in [2.75, 3.05) is 47.1 Å². The molecule has 4 rings (SSSR count).